The molecule has 3 rings (SSSR count). The van der Waals surface area contributed by atoms with E-state index in [-0.39, 0.29) is 17.6 Å². The molecule has 3 aromatic rings. The number of Topliss-reactive ketones (excluding diaryl/α,β-unsaturated/α-hetero) is 1. The van der Waals surface area contributed by atoms with Crippen molar-refractivity contribution in [3.8, 4) is 0 Å². The van der Waals surface area contributed by atoms with Crippen LogP contribution in [0.1, 0.15) is 23.6 Å². The first-order chi connectivity index (χ1) is 10.1. The lowest BCUT2D eigenvalue weighted by Gasteiger charge is -2.18. The molecule has 0 bridgehead atoms. The summed E-state index contributed by atoms with van der Waals surface area (Å²) < 4.78 is 3.02. The molecular weight excluding hydrogens is 282 g/mol. The number of aromatic nitrogens is 3. The van der Waals surface area contributed by atoms with Gasteiger partial charge in [0.2, 0.25) is 0 Å². The monoisotopic (exact) mass is 299 g/mol. The molecule has 5 heteroatoms. The van der Waals surface area contributed by atoms with E-state index in [4.69, 9.17) is 0 Å². The molecule has 21 heavy (non-hydrogen) atoms. The molecule has 0 aliphatic heterocycles. The molecule has 1 aromatic carbocycles. The number of hydrogen-bond donors (Lipinski definition) is 0. The van der Waals surface area contributed by atoms with Crippen molar-refractivity contribution in [3.63, 3.8) is 0 Å². The van der Waals surface area contributed by atoms with Gasteiger partial charge in [-0.1, -0.05) is 26.0 Å². The van der Waals surface area contributed by atoms with Gasteiger partial charge in [-0.3, -0.25) is 4.79 Å². The number of benzene rings is 1. The zero-order valence-corrected chi connectivity index (χ0v) is 12.9. The fourth-order valence-electron chi connectivity index (χ4n) is 2.35. The van der Waals surface area contributed by atoms with Crippen LogP contribution in [0.3, 0.4) is 0 Å². The first-order valence-electron chi connectivity index (χ1n) is 7.00. The van der Waals surface area contributed by atoms with Crippen molar-refractivity contribution in [1.82, 2.24) is 14.5 Å². The third kappa shape index (κ3) is 2.88. The predicted molar refractivity (Wildman–Crippen MR) is 84.5 cm³/mol. The summed E-state index contributed by atoms with van der Waals surface area (Å²) in [4.78, 5) is 21.3. The lowest BCUT2D eigenvalue weighted by atomic mass is 9.91. The molecule has 0 aliphatic carbocycles. The van der Waals surface area contributed by atoms with Crippen LogP contribution < -0.4 is 0 Å². The average molecular weight is 299 g/mol. The SMILES string of the molecule is CC(C)C(Cn1ccnc1)C(=O)c1nc2ccccc2s1. The number of carbonyl (C=O) groups excluding carboxylic acids is 1. The summed E-state index contributed by atoms with van der Waals surface area (Å²) in [6.07, 6.45) is 5.38. The van der Waals surface area contributed by atoms with Crippen LogP contribution >= 0.6 is 11.3 Å². The molecule has 0 aliphatic rings. The summed E-state index contributed by atoms with van der Waals surface area (Å²) in [5.74, 6) is 0.298. The highest BCUT2D eigenvalue weighted by Gasteiger charge is 2.26. The minimum absolute atomic E-state index is 0.0836. The molecule has 0 amide bonds. The number of ketones is 1. The molecule has 0 N–H and O–H groups in total. The number of carbonyl (C=O) groups is 1. The average Bonchev–Trinajstić information content (AvgIpc) is 3.12. The van der Waals surface area contributed by atoms with E-state index < -0.39 is 0 Å². The summed E-state index contributed by atoms with van der Waals surface area (Å²) in [5, 5.41) is 0.606. The summed E-state index contributed by atoms with van der Waals surface area (Å²) in [5.41, 5.74) is 0.899. The Morgan fingerprint density at radius 3 is 2.81 bits per heavy atom. The molecule has 108 valence electrons. The molecule has 1 unspecified atom stereocenters. The third-order valence-corrected chi connectivity index (χ3v) is 4.66. The fraction of sp³-hybridized carbons (Fsp3) is 0.312. The van der Waals surface area contributed by atoms with E-state index in [1.54, 1.807) is 12.5 Å². The first kappa shape index (κ1) is 13.9. The van der Waals surface area contributed by atoms with E-state index in [1.807, 2.05) is 35.0 Å². The molecule has 0 saturated heterocycles. The summed E-state index contributed by atoms with van der Waals surface area (Å²) in [6, 6.07) is 7.87. The molecule has 1 atom stereocenters. The normalized spacial score (nSPS) is 12.9. The highest BCUT2D eigenvalue weighted by molar-refractivity contribution is 7.20. The minimum Gasteiger partial charge on any atom is -0.337 e. The minimum atomic E-state index is -0.0836. The van der Waals surface area contributed by atoms with Crippen LogP contribution in [0.15, 0.2) is 43.0 Å². The standard InChI is InChI=1S/C16H17N3OS/c1-11(2)12(9-19-8-7-17-10-19)15(20)16-18-13-5-3-4-6-14(13)21-16/h3-8,10-12H,9H2,1-2H3. The van der Waals surface area contributed by atoms with E-state index in [9.17, 15) is 4.79 Å². The van der Waals surface area contributed by atoms with Crippen LogP contribution in [-0.4, -0.2) is 20.3 Å². The van der Waals surface area contributed by atoms with E-state index in [1.165, 1.54) is 11.3 Å². The molecular formula is C16H17N3OS. The molecule has 0 saturated carbocycles. The number of imidazole rings is 1. The third-order valence-electron chi connectivity index (χ3n) is 3.61. The van der Waals surface area contributed by atoms with Gasteiger partial charge >= 0.3 is 0 Å². The first-order valence-corrected chi connectivity index (χ1v) is 7.82. The van der Waals surface area contributed by atoms with E-state index in [2.05, 4.69) is 23.8 Å². The molecule has 2 heterocycles. The fourth-order valence-corrected chi connectivity index (χ4v) is 3.32. The Morgan fingerprint density at radius 2 is 2.14 bits per heavy atom. The van der Waals surface area contributed by atoms with Crippen LogP contribution in [-0.2, 0) is 6.54 Å². The number of rotatable bonds is 5. The molecule has 2 aromatic heterocycles. The highest BCUT2D eigenvalue weighted by atomic mass is 32.1. The van der Waals surface area contributed by atoms with Crippen LogP contribution in [0.25, 0.3) is 10.2 Å². The number of hydrogen-bond acceptors (Lipinski definition) is 4. The lowest BCUT2D eigenvalue weighted by Crippen LogP contribution is -2.25. The molecule has 0 spiro atoms. The van der Waals surface area contributed by atoms with Crippen molar-refractivity contribution in [2.75, 3.05) is 0 Å². The van der Waals surface area contributed by atoms with Crippen molar-refractivity contribution < 1.29 is 4.79 Å². The number of nitrogens with zero attached hydrogens (tertiary/aromatic N) is 3. The maximum absolute atomic E-state index is 12.8. The van der Waals surface area contributed by atoms with Crippen LogP contribution in [0.5, 0.6) is 0 Å². The van der Waals surface area contributed by atoms with Gasteiger partial charge in [0, 0.05) is 24.9 Å². The van der Waals surface area contributed by atoms with Crippen molar-refractivity contribution in [1.29, 1.82) is 0 Å². The van der Waals surface area contributed by atoms with Gasteiger partial charge in [0.05, 0.1) is 16.5 Å². The quantitative estimate of drug-likeness (QED) is 0.676. The van der Waals surface area contributed by atoms with E-state index in [0.717, 1.165) is 10.2 Å². The van der Waals surface area contributed by atoms with Crippen LogP contribution in [0.2, 0.25) is 0 Å². The van der Waals surface area contributed by atoms with Gasteiger partial charge in [0.25, 0.3) is 0 Å². The Kier molecular flexibility index (Phi) is 3.84. The predicted octanol–water partition coefficient (Wildman–Crippen LogP) is 3.65. The van der Waals surface area contributed by atoms with Gasteiger partial charge in [0.1, 0.15) is 0 Å². The number of para-hydroxylation sites is 1. The van der Waals surface area contributed by atoms with Gasteiger partial charge < -0.3 is 4.57 Å². The van der Waals surface area contributed by atoms with Crippen LogP contribution in [0.4, 0.5) is 0 Å². The zero-order valence-electron chi connectivity index (χ0n) is 12.1. The second-order valence-corrected chi connectivity index (χ2v) is 6.49. The number of fused-ring (bicyclic) bond motifs is 1. The molecule has 0 radical (unpaired) electrons. The van der Waals surface area contributed by atoms with Crippen molar-refractivity contribution in [2.24, 2.45) is 11.8 Å². The van der Waals surface area contributed by atoms with Crippen molar-refractivity contribution in [3.05, 3.63) is 48.0 Å². The Labute approximate surface area is 127 Å². The number of thiazole rings is 1. The van der Waals surface area contributed by atoms with Crippen molar-refractivity contribution in [2.45, 2.75) is 20.4 Å². The summed E-state index contributed by atoms with van der Waals surface area (Å²) in [6.45, 7) is 4.80. The maximum Gasteiger partial charge on any atom is 0.196 e. The molecule has 0 fully saturated rings. The Bertz CT molecular complexity index is 713. The van der Waals surface area contributed by atoms with Gasteiger partial charge in [-0.25, -0.2) is 9.97 Å². The Hall–Kier alpha value is -2.01. The van der Waals surface area contributed by atoms with Crippen molar-refractivity contribution >= 4 is 27.3 Å². The summed E-state index contributed by atoms with van der Waals surface area (Å²) >= 11 is 1.48. The van der Waals surface area contributed by atoms with Crippen LogP contribution in [0, 0.1) is 11.8 Å². The second-order valence-electron chi connectivity index (χ2n) is 5.46. The Morgan fingerprint density at radius 1 is 1.33 bits per heavy atom. The Balaban J connectivity index is 1.89. The second kappa shape index (κ2) is 5.77. The summed E-state index contributed by atoms with van der Waals surface area (Å²) in [7, 11) is 0. The highest BCUT2D eigenvalue weighted by Crippen LogP contribution is 2.26. The lowest BCUT2D eigenvalue weighted by molar-refractivity contribution is 0.0868. The maximum atomic E-state index is 12.8. The smallest absolute Gasteiger partial charge is 0.196 e. The van der Waals surface area contributed by atoms with E-state index in [0.29, 0.717) is 11.6 Å². The zero-order chi connectivity index (χ0) is 14.8. The van der Waals surface area contributed by atoms with Gasteiger partial charge in [-0.05, 0) is 18.1 Å². The van der Waals surface area contributed by atoms with E-state index >= 15 is 0 Å². The van der Waals surface area contributed by atoms with Gasteiger partial charge in [0.15, 0.2) is 10.8 Å². The topological polar surface area (TPSA) is 47.8 Å². The largest absolute Gasteiger partial charge is 0.337 e. The molecule has 4 nitrogen and oxygen atoms in total. The van der Waals surface area contributed by atoms with Gasteiger partial charge in [-0.2, -0.15) is 0 Å². The van der Waals surface area contributed by atoms with Gasteiger partial charge in [-0.15, -0.1) is 11.3 Å².